The third-order valence-corrected chi connectivity index (χ3v) is 8.14. The van der Waals surface area contributed by atoms with Crippen LogP contribution in [0.25, 0.3) is 43.7 Å². The maximum atomic E-state index is 15.1. The summed E-state index contributed by atoms with van der Waals surface area (Å²) >= 11 is 2.95. The van der Waals surface area contributed by atoms with E-state index in [0.717, 1.165) is 26.8 Å². The van der Waals surface area contributed by atoms with Gasteiger partial charge in [-0.2, -0.15) is 8.78 Å². The van der Waals surface area contributed by atoms with Crippen molar-refractivity contribution in [3.8, 4) is 39.3 Å². The Morgan fingerprint density at radius 1 is 0.690 bits per heavy atom. The molecule has 0 spiro atoms. The minimum atomic E-state index is -3.92. The summed E-state index contributed by atoms with van der Waals surface area (Å²) < 4.78 is 91.7. The highest BCUT2D eigenvalue weighted by Crippen LogP contribution is 2.39. The molecule has 2 heterocycles. The van der Waals surface area contributed by atoms with Crippen molar-refractivity contribution in [3.05, 3.63) is 123 Å². The van der Waals surface area contributed by atoms with E-state index >= 15 is 8.78 Å². The Kier molecular flexibility index (Phi) is 7.39. The lowest BCUT2D eigenvalue weighted by Gasteiger charge is -2.16. The van der Waals surface area contributed by atoms with Gasteiger partial charge in [-0.3, -0.25) is 4.98 Å². The van der Waals surface area contributed by atoms with Crippen LogP contribution in [0.4, 0.5) is 26.3 Å². The molecular formula is C31H15F6IN2OS. The summed E-state index contributed by atoms with van der Waals surface area (Å²) in [6.45, 7) is 0. The normalized spacial score (nSPS) is 11.7. The molecule has 0 fully saturated rings. The van der Waals surface area contributed by atoms with Crippen molar-refractivity contribution in [1.82, 2.24) is 9.97 Å². The van der Waals surface area contributed by atoms with E-state index in [0.29, 0.717) is 51.0 Å². The van der Waals surface area contributed by atoms with Crippen molar-refractivity contribution in [2.24, 2.45) is 0 Å². The van der Waals surface area contributed by atoms with E-state index in [2.05, 4.69) is 32.6 Å². The number of halogens is 7. The van der Waals surface area contributed by atoms with Crippen LogP contribution in [0.2, 0.25) is 0 Å². The van der Waals surface area contributed by atoms with Crippen LogP contribution >= 0.6 is 33.9 Å². The molecule has 6 aromatic rings. The third-order valence-electron chi connectivity index (χ3n) is 6.36. The van der Waals surface area contributed by atoms with Gasteiger partial charge in [-0.25, -0.2) is 22.5 Å². The lowest BCUT2D eigenvalue weighted by molar-refractivity contribution is -0.185. The van der Waals surface area contributed by atoms with Crippen LogP contribution < -0.4 is 4.74 Å². The van der Waals surface area contributed by atoms with Crippen molar-refractivity contribution in [2.75, 3.05) is 0 Å². The molecule has 0 bridgehead atoms. The van der Waals surface area contributed by atoms with Gasteiger partial charge in [0.25, 0.3) is 0 Å². The molecule has 0 aliphatic carbocycles. The van der Waals surface area contributed by atoms with E-state index in [1.54, 1.807) is 24.4 Å². The van der Waals surface area contributed by atoms with Crippen molar-refractivity contribution in [1.29, 1.82) is 0 Å². The lowest BCUT2D eigenvalue weighted by Crippen LogP contribution is -2.21. The van der Waals surface area contributed by atoms with E-state index < -0.39 is 40.1 Å². The molecule has 210 valence electrons. The molecule has 0 saturated carbocycles. The van der Waals surface area contributed by atoms with Gasteiger partial charge in [-0.1, -0.05) is 24.3 Å². The molecule has 0 amide bonds. The second-order valence-corrected chi connectivity index (χ2v) is 11.4. The van der Waals surface area contributed by atoms with Crippen LogP contribution in [0.5, 0.6) is 5.75 Å². The van der Waals surface area contributed by atoms with Crippen molar-refractivity contribution < 1.29 is 31.1 Å². The Bertz CT molecular complexity index is 1920. The maximum Gasteiger partial charge on any atom is 0.454 e. The Labute approximate surface area is 252 Å². The first-order chi connectivity index (χ1) is 20.1. The quantitative estimate of drug-likeness (QED) is 0.0984. The van der Waals surface area contributed by atoms with Crippen molar-refractivity contribution in [3.63, 3.8) is 0 Å². The molecule has 6 rings (SSSR count). The highest BCUT2D eigenvalue weighted by molar-refractivity contribution is 14.1. The maximum absolute atomic E-state index is 15.1. The smallest absolute Gasteiger partial charge is 0.427 e. The molecule has 42 heavy (non-hydrogen) atoms. The molecule has 0 aliphatic heterocycles. The second-order valence-electron chi connectivity index (χ2n) is 9.15. The van der Waals surface area contributed by atoms with Gasteiger partial charge in [0.05, 0.1) is 15.9 Å². The van der Waals surface area contributed by atoms with Gasteiger partial charge in [-0.05, 0) is 88.3 Å². The highest BCUT2D eigenvalue weighted by atomic mass is 127. The number of nitrogens with zero attached hydrogens (tertiary/aromatic N) is 2. The number of benzene rings is 4. The predicted octanol–water partition coefficient (Wildman–Crippen LogP) is 9.98. The number of thiazole rings is 1. The number of alkyl halides is 2. The van der Waals surface area contributed by atoms with E-state index in [4.69, 9.17) is 4.74 Å². The first kappa shape index (κ1) is 28.2. The predicted molar refractivity (Wildman–Crippen MR) is 157 cm³/mol. The lowest BCUT2D eigenvalue weighted by atomic mass is 10.0. The number of hydrogen-bond acceptors (Lipinski definition) is 4. The van der Waals surface area contributed by atoms with Crippen LogP contribution in [0, 0.1) is 26.8 Å². The number of hydrogen-bond donors (Lipinski definition) is 0. The highest BCUT2D eigenvalue weighted by Gasteiger charge is 2.39. The first-order valence-electron chi connectivity index (χ1n) is 12.2. The molecule has 4 aromatic carbocycles. The Morgan fingerprint density at radius 2 is 1.38 bits per heavy atom. The monoisotopic (exact) mass is 704 g/mol. The van der Waals surface area contributed by atoms with Crippen LogP contribution in [0.1, 0.15) is 5.01 Å². The van der Waals surface area contributed by atoms with Crippen LogP contribution in [-0.2, 0) is 6.11 Å². The summed E-state index contributed by atoms with van der Waals surface area (Å²) in [7, 11) is 0. The first-order valence-corrected chi connectivity index (χ1v) is 14.1. The number of aromatic nitrogens is 2. The average Bonchev–Trinajstić information content (AvgIpc) is 3.41. The summed E-state index contributed by atoms with van der Waals surface area (Å²) in [4.78, 5) is 8.53. The number of fused-ring (bicyclic) bond motifs is 1. The number of rotatable bonds is 6. The summed E-state index contributed by atoms with van der Waals surface area (Å²) in [5, 5.41) is -0.649. The molecule has 0 unspecified atom stereocenters. The fraction of sp³-hybridized carbons (Fsp3) is 0.0323. The van der Waals surface area contributed by atoms with Gasteiger partial charge in [0.15, 0.2) is 17.5 Å². The molecule has 11 heteroatoms. The number of pyridine rings is 1. The van der Waals surface area contributed by atoms with E-state index in [1.165, 1.54) is 0 Å². The molecule has 0 saturated heterocycles. The zero-order valence-electron chi connectivity index (χ0n) is 21.0. The fourth-order valence-corrected chi connectivity index (χ4v) is 5.56. The van der Waals surface area contributed by atoms with Gasteiger partial charge in [0, 0.05) is 32.5 Å². The molecular weight excluding hydrogens is 689 g/mol. The van der Waals surface area contributed by atoms with Gasteiger partial charge in [0.1, 0.15) is 11.6 Å². The molecule has 0 radical (unpaired) electrons. The zero-order chi connectivity index (χ0) is 29.6. The average molecular weight is 704 g/mol. The Hall–Kier alpha value is -3.97. The van der Waals surface area contributed by atoms with Gasteiger partial charge < -0.3 is 4.74 Å². The molecule has 3 nitrogen and oxygen atoms in total. The van der Waals surface area contributed by atoms with Gasteiger partial charge in [0.2, 0.25) is 5.01 Å². The SMILES string of the molecule is Fc1cc(OC(F)(F)c2nc3ccc(-c4ccc(-c5ccc(I)cc5)cn4)cc3s2)ccc1-c1cc(F)c(F)c(F)c1. The van der Waals surface area contributed by atoms with E-state index in [-0.39, 0.29) is 11.1 Å². The van der Waals surface area contributed by atoms with Gasteiger partial charge >= 0.3 is 6.11 Å². The summed E-state index contributed by atoms with van der Waals surface area (Å²) in [6.07, 6.45) is -2.17. The molecule has 0 aliphatic rings. The minimum absolute atomic E-state index is 0.303. The third kappa shape index (κ3) is 5.58. The largest absolute Gasteiger partial charge is 0.454 e. The summed E-state index contributed by atoms with van der Waals surface area (Å²) in [5.74, 6) is -6.35. The van der Waals surface area contributed by atoms with E-state index in [9.17, 15) is 17.6 Å². The Balaban J connectivity index is 1.23. The molecule has 2 aromatic heterocycles. The van der Waals surface area contributed by atoms with E-state index in [1.807, 2.05) is 36.4 Å². The van der Waals surface area contributed by atoms with Crippen molar-refractivity contribution in [2.45, 2.75) is 6.11 Å². The Morgan fingerprint density at radius 3 is 2.05 bits per heavy atom. The van der Waals surface area contributed by atoms with Crippen LogP contribution in [0.15, 0.2) is 91.1 Å². The fourth-order valence-electron chi connectivity index (χ4n) is 4.28. The van der Waals surface area contributed by atoms with Gasteiger partial charge in [-0.15, -0.1) is 11.3 Å². The topological polar surface area (TPSA) is 35.0 Å². The van der Waals surface area contributed by atoms with Crippen LogP contribution in [-0.4, -0.2) is 9.97 Å². The summed E-state index contributed by atoms with van der Waals surface area (Å²) in [6, 6.07) is 20.7. The molecule has 0 N–H and O–H groups in total. The second kappa shape index (κ2) is 11.0. The zero-order valence-corrected chi connectivity index (χ0v) is 24.0. The standard InChI is InChI=1S/C31H15F6IN2OS/c32-23-14-21(7-8-22(23)19-11-24(33)29(35)25(34)12-19)41-31(36,37)30-40-27-10-3-17(13-28(27)42-30)26-9-4-18(15-39-26)16-1-5-20(38)6-2-16/h1-15H. The minimum Gasteiger partial charge on any atom is -0.427 e. The molecule has 0 atom stereocenters. The summed E-state index contributed by atoms with van der Waals surface area (Å²) in [5.41, 5.74) is 3.02. The van der Waals surface area contributed by atoms with Crippen molar-refractivity contribution >= 4 is 44.1 Å². The van der Waals surface area contributed by atoms with Crippen LogP contribution in [0.3, 0.4) is 0 Å². The number of ether oxygens (including phenoxy) is 1.